The van der Waals surface area contributed by atoms with Crippen LogP contribution < -0.4 is 29.8 Å². The number of ether oxygens (including phenoxy) is 5. The average Bonchev–Trinajstić information content (AvgIpc) is 3.65. The molecule has 4 atom stereocenters. The zero-order valence-electron chi connectivity index (χ0n) is 31.5. The first-order valence-corrected chi connectivity index (χ1v) is 18.4. The van der Waals surface area contributed by atoms with Gasteiger partial charge in [0.1, 0.15) is 36.5 Å². The highest BCUT2D eigenvalue weighted by Crippen LogP contribution is 2.37. The van der Waals surface area contributed by atoms with Crippen molar-refractivity contribution in [3.05, 3.63) is 113 Å². The van der Waals surface area contributed by atoms with E-state index in [1.54, 1.807) is 48.7 Å². The van der Waals surface area contributed by atoms with Gasteiger partial charge in [-0.05, 0) is 79.3 Å². The number of halogens is 1. The quantitative estimate of drug-likeness (QED) is 0.0654. The van der Waals surface area contributed by atoms with Crippen molar-refractivity contribution in [1.29, 1.82) is 0 Å². The van der Waals surface area contributed by atoms with Gasteiger partial charge in [-0.3, -0.25) is 4.79 Å². The van der Waals surface area contributed by atoms with Crippen LogP contribution in [0.2, 0.25) is 0 Å². The van der Waals surface area contributed by atoms with E-state index in [-0.39, 0.29) is 65.9 Å². The highest BCUT2D eigenvalue weighted by Gasteiger charge is 2.41. The first-order valence-electron chi connectivity index (χ1n) is 18.4. The molecule has 5 aromatic rings. The van der Waals surface area contributed by atoms with E-state index >= 15 is 4.39 Å². The first-order chi connectivity index (χ1) is 27.6. The summed E-state index contributed by atoms with van der Waals surface area (Å²) in [4.78, 5) is 38.9. The lowest BCUT2D eigenvalue weighted by molar-refractivity contribution is -0.793. The fourth-order valence-corrected chi connectivity index (χ4v) is 6.57. The number of hydrogen-bond donors (Lipinski definition) is 3. The number of nitrogens with one attached hydrogen (secondary N) is 1. The van der Waals surface area contributed by atoms with Crippen molar-refractivity contribution < 1.29 is 47.3 Å². The molecule has 0 radical (unpaired) electrons. The molecule has 3 aromatic carbocycles. The van der Waals surface area contributed by atoms with Gasteiger partial charge in [0, 0.05) is 34.5 Å². The Morgan fingerprint density at radius 3 is 2.60 bits per heavy atom. The molecule has 16 nitrogen and oxygen atoms in total. The molecule has 1 aliphatic heterocycles. The molecule has 296 valence electrons. The maximum atomic E-state index is 16.4. The van der Waals surface area contributed by atoms with E-state index in [0.29, 0.717) is 16.8 Å². The number of methoxy groups -OCH3 is 1. The standard InChI is InChI=1S/C40H41FN8O8/c1-23-9-11-26(12-10-23)36(51)45-34(42)25-13-15-27(16-14-25)44-33(29-21-28(53-3)22-31(32(29)41)54-20-19-50)35-46-38-49(47-35)37-43-17-6-18-48(37)39(56-38)57-40(52)55-30-8-5-4-7-24(30)2/h6,9-18,21-22,24,30,33,39,50H,4-5,7-8,19-20H2,1-3H3,(H2-,42,44,45,51)/p+1. The highest BCUT2D eigenvalue weighted by atomic mass is 19.1. The largest absolute Gasteiger partial charge is 0.514 e. The fourth-order valence-electron chi connectivity index (χ4n) is 6.57. The van der Waals surface area contributed by atoms with Gasteiger partial charge in [0.2, 0.25) is 0 Å². The monoisotopic (exact) mass is 781 g/mol. The van der Waals surface area contributed by atoms with Crippen molar-refractivity contribution in [3.63, 3.8) is 0 Å². The van der Waals surface area contributed by atoms with Crippen molar-refractivity contribution in [3.8, 4) is 23.5 Å². The average molecular weight is 782 g/mol. The van der Waals surface area contributed by atoms with Gasteiger partial charge in [-0.25, -0.2) is 9.18 Å². The van der Waals surface area contributed by atoms with E-state index in [1.807, 2.05) is 26.0 Å². The fraction of sp³-hybridized carbons (Fsp3) is 0.325. The number of hydrogen-bond acceptors (Lipinski definition) is 12. The molecule has 1 saturated carbocycles. The summed E-state index contributed by atoms with van der Waals surface area (Å²) in [7, 11) is 1.42. The van der Waals surface area contributed by atoms with Gasteiger partial charge in [-0.15, -0.1) is 0 Å². The van der Waals surface area contributed by atoms with Gasteiger partial charge < -0.3 is 39.8 Å². The summed E-state index contributed by atoms with van der Waals surface area (Å²) in [5, 5.41) is 17.4. The third kappa shape index (κ3) is 8.62. The van der Waals surface area contributed by atoms with Crippen LogP contribution in [0.25, 0.3) is 5.95 Å². The van der Waals surface area contributed by atoms with Gasteiger partial charge >= 0.3 is 24.5 Å². The number of aryl methyl sites for hydroxylation is 1. The molecule has 2 aromatic heterocycles. The SMILES string of the molecule is COc1cc(OCCO)c(F)c(C(Nc2ccc(C(N)=NC(=O)c3ccc(C)cc3)cc2)c2nc3n(n2)-c2nccc[n+]2C(OC(=O)OC2CCCCC2C)O3)c1. The van der Waals surface area contributed by atoms with Crippen molar-refractivity contribution in [2.75, 3.05) is 25.6 Å². The molecule has 4 N–H and O–H groups in total. The number of carbonyl (C=O) groups is 2. The number of anilines is 1. The predicted molar refractivity (Wildman–Crippen MR) is 202 cm³/mol. The Hall–Kier alpha value is -6.62. The summed E-state index contributed by atoms with van der Waals surface area (Å²) in [5.74, 6) is -0.768. The van der Waals surface area contributed by atoms with Gasteiger partial charge in [-0.2, -0.15) is 14.5 Å². The minimum absolute atomic E-state index is 0.00588. The van der Waals surface area contributed by atoms with Crippen LogP contribution >= 0.6 is 0 Å². The molecule has 17 heteroatoms. The summed E-state index contributed by atoms with van der Waals surface area (Å²) < 4.78 is 47.5. The molecule has 3 heterocycles. The second-order valence-corrected chi connectivity index (χ2v) is 13.6. The van der Waals surface area contributed by atoms with E-state index in [2.05, 4.69) is 25.4 Å². The van der Waals surface area contributed by atoms with E-state index in [1.165, 1.54) is 34.7 Å². The summed E-state index contributed by atoms with van der Waals surface area (Å²) in [5.41, 5.74) is 8.59. The molecule has 2 aliphatic rings. The number of aliphatic hydroxyl groups excluding tert-OH is 1. The molecular formula is C40H42FN8O8+. The van der Waals surface area contributed by atoms with Crippen LogP contribution in [-0.4, -0.2) is 69.2 Å². The molecule has 4 unspecified atom stereocenters. The highest BCUT2D eigenvalue weighted by molar-refractivity contribution is 6.08. The number of nitrogens with two attached hydrogens (primary N) is 1. The van der Waals surface area contributed by atoms with Gasteiger partial charge in [0.15, 0.2) is 17.4 Å². The predicted octanol–water partition coefficient (Wildman–Crippen LogP) is 5.10. The Labute approximate surface area is 327 Å². The number of rotatable bonds is 12. The number of benzene rings is 3. The Bertz CT molecular complexity index is 2270. The number of nitrogens with zero attached hydrogens (tertiary/aromatic N) is 6. The summed E-state index contributed by atoms with van der Waals surface area (Å²) in [6.45, 7) is 3.43. The molecule has 7 rings (SSSR count). The molecule has 0 saturated heterocycles. The van der Waals surface area contributed by atoms with E-state index in [9.17, 15) is 14.7 Å². The minimum Gasteiger partial charge on any atom is -0.497 e. The Morgan fingerprint density at radius 2 is 1.86 bits per heavy atom. The van der Waals surface area contributed by atoms with Crippen LogP contribution in [0.5, 0.6) is 17.5 Å². The maximum absolute atomic E-state index is 16.4. The molecular weight excluding hydrogens is 739 g/mol. The van der Waals surface area contributed by atoms with E-state index in [0.717, 1.165) is 31.2 Å². The number of aromatic nitrogens is 5. The van der Waals surface area contributed by atoms with Crippen LogP contribution in [0.1, 0.15) is 77.9 Å². The van der Waals surface area contributed by atoms with Crippen LogP contribution in [0.3, 0.4) is 0 Å². The number of fused-ring (bicyclic) bond motifs is 3. The van der Waals surface area contributed by atoms with Gasteiger partial charge in [0.05, 0.1) is 19.9 Å². The topological polar surface area (TPSA) is 198 Å². The minimum atomic E-state index is -1.35. The molecule has 1 amide bonds. The zero-order chi connectivity index (χ0) is 40.1. The van der Waals surface area contributed by atoms with Gasteiger partial charge in [-0.1, -0.05) is 41.1 Å². The maximum Gasteiger partial charge on any atom is 0.514 e. The van der Waals surface area contributed by atoms with Crippen LogP contribution in [-0.2, 0) is 9.47 Å². The van der Waals surface area contributed by atoms with E-state index in [4.69, 9.17) is 29.4 Å². The Morgan fingerprint density at radius 1 is 1.11 bits per heavy atom. The second kappa shape index (κ2) is 17.0. The molecule has 1 aliphatic carbocycles. The van der Waals surface area contributed by atoms with Crippen molar-refractivity contribution >= 4 is 23.6 Å². The van der Waals surface area contributed by atoms with Crippen LogP contribution in [0.4, 0.5) is 14.9 Å². The third-order valence-electron chi connectivity index (χ3n) is 9.65. The molecule has 1 fully saturated rings. The van der Waals surface area contributed by atoms with Gasteiger partial charge in [0.25, 0.3) is 5.91 Å². The zero-order valence-corrected chi connectivity index (χ0v) is 31.5. The summed E-state index contributed by atoms with van der Waals surface area (Å²) in [6.07, 6.45) is 4.31. The van der Waals surface area contributed by atoms with Crippen molar-refractivity contribution in [2.24, 2.45) is 16.6 Å². The molecule has 0 bridgehead atoms. The number of aliphatic imine (C=N–C) groups is 1. The first kappa shape index (κ1) is 38.6. The lowest BCUT2D eigenvalue weighted by Gasteiger charge is -2.28. The summed E-state index contributed by atoms with van der Waals surface area (Å²) >= 11 is 0. The summed E-state index contributed by atoms with van der Waals surface area (Å²) in [6, 6.07) is 16.9. The number of amidine groups is 1. The Kier molecular flexibility index (Phi) is 11.5. The van der Waals surface area contributed by atoms with Crippen molar-refractivity contribution in [1.82, 2.24) is 19.7 Å². The number of aliphatic hydroxyl groups is 1. The van der Waals surface area contributed by atoms with Crippen molar-refractivity contribution in [2.45, 2.75) is 58.1 Å². The third-order valence-corrected chi connectivity index (χ3v) is 9.65. The van der Waals surface area contributed by atoms with Crippen LogP contribution in [0, 0.1) is 18.7 Å². The van der Waals surface area contributed by atoms with Crippen LogP contribution in [0.15, 0.2) is 84.1 Å². The smallest absolute Gasteiger partial charge is 0.497 e. The number of amides is 1. The Balaban J connectivity index is 1.21. The number of carbonyl (C=O) groups excluding carboxylic acids is 2. The lowest BCUT2D eigenvalue weighted by Crippen LogP contribution is -2.52. The lowest BCUT2D eigenvalue weighted by atomic mass is 9.88. The van der Waals surface area contributed by atoms with E-state index < -0.39 is 30.3 Å². The normalized spacial score (nSPS) is 18.0. The second-order valence-electron chi connectivity index (χ2n) is 13.6. The molecule has 57 heavy (non-hydrogen) atoms. The molecule has 0 spiro atoms.